The molecule has 4 heterocycles. The van der Waals surface area contributed by atoms with Crippen molar-refractivity contribution in [3.05, 3.63) is 212 Å². The largest absolute Gasteiger partial charge is 0.455 e. The summed E-state index contributed by atoms with van der Waals surface area (Å²) in [7, 11) is 0. The molecular formula is C57H35N5O. The van der Waals surface area contributed by atoms with Crippen molar-refractivity contribution in [2.75, 3.05) is 0 Å². The molecule has 0 aliphatic carbocycles. The van der Waals surface area contributed by atoms with Gasteiger partial charge in [0.2, 0.25) is 0 Å². The Morgan fingerprint density at radius 2 is 0.921 bits per heavy atom. The highest BCUT2D eigenvalue weighted by molar-refractivity contribution is 6.18. The minimum atomic E-state index is 0.546. The number of nitrogens with zero attached hydrogens (tertiary/aromatic N) is 5. The van der Waals surface area contributed by atoms with E-state index in [1.54, 1.807) is 0 Å². The van der Waals surface area contributed by atoms with Gasteiger partial charge in [-0.25, -0.2) is 15.0 Å². The summed E-state index contributed by atoms with van der Waals surface area (Å²) < 4.78 is 11.5. The van der Waals surface area contributed by atoms with Gasteiger partial charge in [0.05, 0.1) is 33.3 Å². The Labute approximate surface area is 361 Å². The zero-order valence-electron chi connectivity index (χ0n) is 33.9. The van der Waals surface area contributed by atoms with Crippen molar-refractivity contribution in [1.29, 1.82) is 0 Å². The quantitative estimate of drug-likeness (QED) is 0.168. The van der Waals surface area contributed by atoms with Gasteiger partial charge in [-0.15, -0.1) is 0 Å². The Hall–Kier alpha value is -8.61. The molecule has 9 aromatic carbocycles. The first-order valence-corrected chi connectivity index (χ1v) is 21.2. The second-order valence-corrected chi connectivity index (χ2v) is 15.9. The first-order valence-electron chi connectivity index (χ1n) is 21.2. The van der Waals surface area contributed by atoms with Gasteiger partial charge in [0.1, 0.15) is 11.2 Å². The van der Waals surface area contributed by atoms with E-state index in [9.17, 15) is 0 Å². The fourth-order valence-electron chi connectivity index (χ4n) is 9.61. The Bertz CT molecular complexity index is 3900. The van der Waals surface area contributed by atoms with Gasteiger partial charge < -0.3 is 13.6 Å². The van der Waals surface area contributed by atoms with E-state index in [1.807, 2.05) is 24.3 Å². The summed E-state index contributed by atoms with van der Waals surface area (Å²) in [5, 5.41) is 6.64. The Kier molecular flexibility index (Phi) is 7.80. The van der Waals surface area contributed by atoms with Crippen LogP contribution >= 0.6 is 0 Å². The Morgan fingerprint density at radius 1 is 0.349 bits per heavy atom. The molecule has 0 saturated heterocycles. The predicted octanol–water partition coefficient (Wildman–Crippen LogP) is 14.6. The number of hydrogen-bond acceptors (Lipinski definition) is 4. The third kappa shape index (κ3) is 5.48. The molecule has 0 spiro atoms. The fourth-order valence-corrected chi connectivity index (χ4v) is 9.61. The molecule has 0 fully saturated rings. The van der Waals surface area contributed by atoms with Crippen LogP contribution in [0.5, 0.6) is 0 Å². The topological polar surface area (TPSA) is 61.7 Å². The molecule has 0 amide bonds. The van der Waals surface area contributed by atoms with Crippen molar-refractivity contribution in [3.8, 4) is 56.7 Å². The maximum atomic E-state index is 6.69. The van der Waals surface area contributed by atoms with Crippen LogP contribution in [0.15, 0.2) is 217 Å². The minimum Gasteiger partial charge on any atom is -0.455 e. The highest BCUT2D eigenvalue weighted by Crippen LogP contribution is 2.43. The van der Waals surface area contributed by atoms with Crippen LogP contribution in [-0.4, -0.2) is 24.1 Å². The van der Waals surface area contributed by atoms with Crippen molar-refractivity contribution in [3.63, 3.8) is 0 Å². The maximum absolute atomic E-state index is 6.69. The van der Waals surface area contributed by atoms with Gasteiger partial charge >= 0.3 is 0 Å². The lowest BCUT2D eigenvalue weighted by molar-refractivity contribution is 0.669. The molecule has 13 rings (SSSR count). The van der Waals surface area contributed by atoms with E-state index in [-0.39, 0.29) is 0 Å². The first-order chi connectivity index (χ1) is 31.3. The van der Waals surface area contributed by atoms with Crippen LogP contribution in [0.25, 0.3) is 122 Å². The summed E-state index contributed by atoms with van der Waals surface area (Å²) in [5.41, 5.74) is 13.1. The molecule has 0 atom stereocenters. The Balaban J connectivity index is 1.06. The smallest absolute Gasteiger partial charge is 0.167 e. The summed E-state index contributed by atoms with van der Waals surface area (Å²) >= 11 is 0. The van der Waals surface area contributed by atoms with Crippen LogP contribution in [0.2, 0.25) is 0 Å². The minimum absolute atomic E-state index is 0.546. The molecule has 0 aliphatic rings. The number of rotatable bonds is 6. The maximum Gasteiger partial charge on any atom is 0.167 e. The lowest BCUT2D eigenvalue weighted by Gasteiger charge is -2.14. The number of aromatic nitrogens is 5. The zero-order chi connectivity index (χ0) is 41.4. The summed E-state index contributed by atoms with van der Waals surface area (Å²) in [6, 6.07) is 74.4. The van der Waals surface area contributed by atoms with Crippen LogP contribution in [0.4, 0.5) is 0 Å². The summed E-state index contributed by atoms with van der Waals surface area (Å²) in [6.45, 7) is 0. The fraction of sp³-hybridized carbons (Fsp3) is 0. The van der Waals surface area contributed by atoms with E-state index < -0.39 is 0 Å². The van der Waals surface area contributed by atoms with Crippen molar-refractivity contribution in [1.82, 2.24) is 24.1 Å². The van der Waals surface area contributed by atoms with Gasteiger partial charge in [-0.2, -0.15) is 0 Å². The van der Waals surface area contributed by atoms with Gasteiger partial charge in [0.25, 0.3) is 0 Å². The first kappa shape index (κ1) is 35.2. The van der Waals surface area contributed by atoms with E-state index in [1.165, 1.54) is 10.8 Å². The van der Waals surface area contributed by atoms with Gasteiger partial charge in [0.15, 0.2) is 17.5 Å². The third-order valence-electron chi connectivity index (χ3n) is 12.4. The average molecular weight is 806 g/mol. The molecule has 0 saturated carbocycles. The Morgan fingerprint density at radius 3 is 1.71 bits per heavy atom. The van der Waals surface area contributed by atoms with Crippen LogP contribution in [-0.2, 0) is 0 Å². The lowest BCUT2D eigenvalue weighted by atomic mass is 10.0. The van der Waals surface area contributed by atoms with E-state index in [0.717, 1.165) is 94.0 Å². The SMILES string of the molecule is c1ccc(-c2ccc3oc4c(-c5nc(-c6ccccc6)nc(-c6cccc7c6c6ccccc6n7-c6cccc7c8ccccc8n(-c8ccccc8)c67)n5)cccc4c3c2)cc1. The highest BCUT2D eigenvalue weighted by atomic mass is 16.3. The van der Waals surface area contributed by atoms with Gasteiger partial charge in [0, 0.05) is 49.1 Å². The molecule has 6 nitrogen and oxygen atoms in total. The molecule has 294 valence electrons. The molecular weight excluding hydrogens is 771 g/mol. The van der Waals surface area contributed by atoms with Gasteiger partial charge in [-0.05, 0) is 65.7 Å². The van der Waals surface area contributed by atoms with Crippen LogP contribution in [0, 0.1) is 0 Å². The summed E-state index contributed by atoms with van der Waals surface area (Å²) in [4.78, 5) is 15.8. The van der Waals surface area contributed by atoms with E-state index in [0.29, 0.717) is 17.5 Å². The van der Waals surface area contributed by atoms with Crippen molar-refractivity contribution in [2.45, 2.75) is 0 Å². The lowest BCUT2D eigenvalue weighted by Crippen LogP contribution is -2.01. The van der Waals surface area contributed by atoms with Crippen molar-refractivity contribution < 1.29 is 4.42 Å². The average Bonchev–Trinajstić information content (AvgIpc) is 4.02. The molecule has 0 radical (unpaired) electrons. The van der Waals surface area contributed by atoms with Crippen molar-refractivity contribution >= 4 is 65.6 Å². The van der Waals surface area contributed by atoms with Gasteiger partial charge in [-0.1, -0.05) is 158 Å². The normalized spacial score (nSPS) is 11.8. The number of fused-ring (bicyclic) bond motifs is 9. The summed E-state index contributed by atoms with van der Waals surface area (Å²) in [6.07, 6.45) is 0. The molecule has 63 heavy (non-hydrogen) atoms. The molecule has 0 unspecified atom stereocenters. The molecule has 0 bridgehead atoms. The second-order valence-electron chi connectivity index (χ2n) is 15.9. The standard InChI is InChI=1S/C57H35N5O/c1-4-17-36(18-5-1)38-33-34-51-46(35-38)42-26-14-28-45(54(42)63-51)57-59-55(37-19-6-2-7-20-37)58-56(60-57)44-27-16-31-49-52(44)43-24-11-13-30-48(43)62(49)50-32-15-25-41-40-23-10-12-29-47(40)61(53(41)50)39-21-8-3-9-22-39/h1-35H. The molecule has 6 heteroatoms. The van der Waals surface area contributed by atoms with E-state index in [2.05, 4.69) is 197 Å². The molecule has 0 N–H and O–H groups in total. The number of hydrogen-bond donors (Lipinski definition) is 0. The number of benzene rings is 9. The van der Waals surface area contributed by atoms with Crippen molar-refractivity contribution in [2.24, 2.45) is 0 Å². The molecule has 13 aromatic rings. The number of furan rings is 1. The third-order valence-corrected chi connectivity index (χ3v) is 12.4. The highest BCUT2D eigenvalue weighted by Gasteiger charge is 2.24. The van der Waals surface area contributed by atoms with Gasteiger partial charge in [-0.3, -0.25) is 0 Å². The second kappa shape index (κ2) is 14.0. The van der Waals surface area contributed by atoms with Crippen LogP contribution < -0.4 is 0 Å². The predicted molar refractivity (Wildman–Crippen MR) is 258 cm³/mol. The zero-order valence-corrected chi connectivity index (χ0v) is 33.9. The van der Waals surface area contributed by atoms with E-state index in [4.69, 9.17) is 19.4 Å². The van der Waals surface area contributed by atoms with Crippen LogP contribution in [0.1, 0.15) is 0 Å². The number of para-hydroxylation sites is 5. The van der Waals surface area contributed by atoms with Crippen LogP contribution in [0.3, 0.4) is 0 Å². The molecule has 4 aromatic heterocycles. The molecule has 0 aliphatic heterocycles. The van der Waals surface area contributed by atoms with E-state index >= 15 is 0 Å². The monoisotopic (exact) mass is 805 g/mol. The summed E-state index contributed by atoms with van der Waals surface area (Å²) in [5.74, 6) is 1.72.